The first-order valence-corrected chi connectivity index (χ1v) is 7.66. The zero-order valence-corrected chi connectivity index (χ0v) is 12.2. The van der Waals surface area contributed by atoms with Crippen LogP contribution >= 0.6 is 11.8 Å². The van der Waals surface area contributed by atoms with Crippen LogP contribution in [0.1, 0.15) is 0 Å². The summed E-state index contributed by atoms with van der Waals surface area (Å²) in [6, 6.07) is 1.94. The number of hydrogen-bond donors (Lipinski definition) is 3. The van der Waals surface area contributed by atoms with Crippen LogP contribution in [0.5, 0.6) is 0 Å². The fourth-order valence-electron chi connectivity index (χ4n) is 2.15. The van der Waals surface area contributed by atoms with Crippen molar-refractivity contribution in [3.63, 3.8) is 0 Å². The summed E-state index contributed by atoms with van der Waals surface area (Å²) in [7, 11) is 0. The number of aromatic amines is 1. The van der Waals surface area contributed by atoms with E-state index in [-0.39, 0.29) is 5.91 Å². The van der Waals surface area contributed by atoms with E-state index in [1.54, 1.807) is 11.8 Å². The lowest BCUT2D eigenvalue weighted by atomic mass is 10.3. The van der Waals surface area contributed by atoms with Gasteiger partial charge in [0.25, 0.3) is 5.91 Å². The SMILES string of the molecule is NCCNC(=O)C1=CN(c2ncnc3[nH]ccc23)CCS1. The van der Waals surface area contributed by atoms with Gasteiger partial charge >= 0.3 is 0 Å². The Morgan fingerprint density at radius 1 is 1.52 bits per heavy atom. The van der Waals surface area contributed by atoms with Crippen molar-refractivity contribution in [1.82, 2.24) is 20.3 Å². The zero-order valence-electron chi connectivity index (χ0n) is 11.4. The molecule has 3 heterocycles. The molecule has 8 heteroatoms. The fourth-order valence-corrected chi connectivity index (χ4v) is 3.06. The first kappa shape index (κ1) is 13.9. The molecule has 110 valence electrons. The highest BCUT2D eigenvalue weighted by atomic mass is 32.2. The van der Waals surface area contributed by atoms with Crippen molar-refractivity contribution in [3.05, 3.63) is 29.7 Å². The molecule has 0 spiro atoms. The number of anilines is 1. The van der Waals surface area contributed by atoms with Crippen LogP contribution in [-0.4, -0.2) is 46.2 Å². The van der Waals surface area contributed by atoms with Crippen molar-refractivity contribution in [1.29, 1.82) is 0 Å². The minimum atomic E-state index is -0.0884. The van der Waals surface area contributed by atoms with E-state index in [1.165, 1.54) is 6.33 Å². The van der Waals surface area contributed by atoms with E-state index < -0.39 is 0 Å². The van der Waals surface area contributed by atoms with Crippen LogP contribution in [0, 0.1) is 0 Å². The number of H-pyrrole nitrogens is 1. The number of nitrogens with one attached hydrogen (secondary N) is 2. The predicted molar refractivity (Wildman–Crippen MR) is 83.8 cm³/mol. The second-order valence-corrected chi connectivity index (χ2v) is 5.65. The third kappa shape index (κ3) is 2.86. The monoisotopic (exact) mass is 304 g/mol. The number of carbonyl (C=O) groups excluding carboxylic acids is 1. The van der Waals surface area contributed by atoms with Crippen LogP contribution in [0.2, 0.25) is 0 Å². The van der Waals surface area contributed by atoms with E-state index in [9.17, 15) is 4.79 Å². The molecule has 0 unspecified atom stereocenters. The van der Waals surface area contributed by atoms with Crippen molar-refractivity contribution in [2.75, 3.05) is 30.3 Å². The highest BCUT2D eigenvalue weighted by molar-refractivity contribution is 8.04. The van der Waals surface area contributed by atoms with E-state index in [0.717, 1.165) is 29.1 Å². The van der Waals surface area contributed by atoms with Gasteiger partial charge in [0.05, 0.1) is 10.3 Å². The number of hydrogen-bond acceptors (Lipinski definition) is 6. The average molecular weight is 304 g/mol. The Hall–Kier alpha value is -2.06. The summed E-state index contributed by atoms with van der Waals surface area (Å²) in [6.07, 6.45) is 5.20. The van der Waals surface area contributed by atoms with E-state index in [1.807, 2.05) is 23.4 Å². The van der Waals surface area contributed by atoms with Crippen molar-refractivity contribution < 1.29 is 4.79 Å². The maximum Gasteiger partial charge on any atom is 0.259 e. The zero-order chi connectivity index (χ0) is 14.7. The maximum atomic E-state index is 12.0. The molecular formula is C13H16N6OS. The van der Waals surface area contributed by atoms with Crippen molar-refractivity contribution >= 4 is 34.5 Å². The molecule has 0 aromatic carbocycles. The Morgan fingerprint density at radius 2 is 2.43 bits per heavy atom. The highest BCUT2D eigenvalue weighted by Gasteiger charge is 2.20. The minimum Gasteiger partial charge on any atom is -0.350 e. The van der Waals surface area contributed by atoms with Crippen LogP contribution in [0.3, 0.4) is 0 Å². The van der Waals surface area contributed by atoms with Crippen LogP contribution in [0.15, 0.2) is 29.7 Å². The maximum absolute atomic E-state index is 12.0. The van der Waals surface area contributed by atoms with E-state index in [0.29, 0.717) is 18.0 Å². The summed E-state index contributed by atoms with van der Waals surface area (Å²) >= 11 is 1.54. The smallest absolute Gasteiger partial charge is 0.259 e. The lowest BCUT2D eigenvalue weighted by Crippen LogP contribution is -2.33. The lowest BCUT2D eigenvalue weighted by molar-refractivity contribution is -0.116. The standard InChI is InChI=1S/C13H16N6OS/c14-2-4-16-13(20)10-7-19(5-6-21-10)12-9-1-3-15-11(9)17-8-18-12/h1,3,7-8H,2,4-6,14H2,(H,16,20)(H,15,17,18). The van der Waals surface area contributed by atoms with Crippen LogP contribution < -0.4 is 16.0 Å². The molecule has 1 aliphatic rings. The topological polar surface area (TPSA) is 99.9 Å². The second-order valence-electron chi connectivity index (χ2n) is 4.52. The van der Waals surface area contributed by atoms with Crippen molar-refractivity contribution in [2.45, 2.75) is 0 Å². The summed E-state index contributed by atoms with van der Waals surface area (Å²) in [5, 5.41) is 3.73. The van der Waals surface area contributed by atoms with Gasteiger partial charge in [-0.3, -0.25) is 4.79 Å². The fraction of sp³-hybridized carbons (Fsp3) is 0.308. The molecule has 0 radical (unpaired) electrons. The Balaban J connectivity index is 1.88. The second kappa shape index (κ2) is 6.15. The molecule has 0 saturated heterocycles. The molecule has 0 atom stereocenters. The molecule has 1 amide bonds. The van der Waals surface area contributed by atoms with Gasteiger partial charge in [-0.05, 0) is 6.07 Å². The summed E-state index contributed by atoms with van der Waals surface area (Å²) in [6.45, 7) is 1.71. The van der Waals surface area contributed by atoms with E-state index in [4.69, 9.17) is 5.73 Å². The summed E-state index contributed by atoms with van der Waals surface area (Å²) in [5.74, 6) is 1.55. The summed E-state index contributed by atoms with van der Waals surface area (Å²) < 4.78 is 0. The highest BCUT2D eigenvalue weighted by Crippen LogP contribution is 2.28. The summed E-state index contributed by atoms with van der Waals surface area (Å²) in [4.78, 5) is 26.3. The number of fused-ring (bicyclic) bond motifs is 1. The van der Waals surface area contributed by atoms with Gasteiger partial charge in [-0.25, -0.2) is 9.97 Å². The molecule has 0 saturated carbocycles. The van der Waals surface area contributed by atoms with Crippen LogP contribution in [0.4, 0.5) is 5.82 Å². The Labute approximate surface area is 126 Å². The number of thioether (sulfide) groups is 1. The van der Waals surface area contributed by atoms with Crippen LogP contribution in [-0.2, 0) is 4.79 Å². The third-order valence-corrected chi connectivity index (χ3v) is 4.11. The first-order valence-electron chi connectivity index (χ1n) is 6.67. The number of aromatic nitrogens is 3. The van der Waals surface area contributed by atoms with E-state index >= 15 is 0 Å². The lowest BCUT2D eigenvalue weighted by Gasteiger charge is -2.25. The van der Waals surface area contributed by atoms with Crippen molar-refractivity contribution in [3.8, 4) is 0 Å². The van der Waals surface area contributed by atoms with Gasteiger partial charge in [-0.2, -0.15) is 0 Å². The number of rotatable bonds is 4. The number of nitrogens with two attached hydrogens (primary N) is 1. The quantitative estimate of drug-likeness (QED) is 0.757. The number of carbonyl (C=O) groups is 1. The number of amides is 1. The Morgan fingerprint density at radius 3 is 3.29 bits per heavy atom. The van der Waals surface area contributed by atoms with Gasteiger partial charge in [0.1, 0.15) is 17.8 Å². The largest absolute Gasteiger partial charge is 0.350 e. The molecule has 7 nitrogen and oxygen atoms in total. The molecule has 1 aliphatic heterocycles. The molecule has 4 N–H and O–H groups in total. The molecule has 3 rings (SSSR count). The summed E-state index contributed by atoms with van der Waals surface area (Å²) in [5.41, 5.74) is 6.20. The Kier molecular flexibility index (Phi) is 4.07. The number of nitrogens with zero attached hydrogens (tertiary/aromatic N) is 3. The van der Waals surface area contributed by atoms with Gasteiger partial charge in [-0.1, -0.05) is 0 Å². The molecular weight excluding hydrogens is 288 g/mol. The van der Waals surface area contributed by atoms with Gasteiger partial charge in [-0.15, -0.1) is 11.8 Å². The normalized spacial score (nSPS) is 15.1. The Bertz CT molecular complexity index is 682. The minimum absolute atomic E-state index is 0.0884. The van der Waals surface area contributed by atoms with E-state index in [2.05, 4.69) is 20.3 Å². The van der Waals surface area contributed by atoms with Crippen molar-refractivity contribution in [2.24, 2.45) is 5.73 Å². The van der Waals surface area contributed by atoms with Gasteiger partial charge < -0.3 is 20.9 Å². The molecule has 0 fully saturated rings. The average Bonchev–Trinajstić information content (AvgIpc) is 3.01. The van der Waals surface area contributed by atoms with Crippen LogP contribution in [0.25, 0.3) is 11.0 Å². The third-order valence-electron chi connectivity index (χ3n) is 3.12. The van der Waals surface area contributed by atoms with Gasteiger partial charge in [0.2, 0.25) is 0 Å². The first-order chi connectivity index (χ1) is 10.3. The predicted octanol–water partition coefficient (Wildman–Crippen LogP) is 0.427. The molecule has 0 bridgehead atoms. The van der Waals surface area contributed by atoms with Gasteiger partial charge in [0.15, 0.2) is 0 Å². The molecule has 0 aliphatic carbocycles. The molecule has 2 aromatic rings. The van der Waals surface area contributed by atoms with Gasteiger partial charge in [0, 0.05) is 37.8 Å². The molecule has 21 heavy (non-hydrogen) atoms. The molecule has 2 aromatic heterocycles.